The Morgan fingerprint density at radius 1 is 1.03 bits per heavy atom. The summed E-state index contributed by atoms with van der Waals surface area (Å²) < 4.78 is 9.92. The molecule has 4 rings (SSSR count). The number of hydrogen-bond donors (Lipinski definition) is 0. The van der Waals surface area contributed by atoms with Crippen molar-refractivity contribution in [3.05, 3.63) is 89.7 Å². The molecule has 1 aliphatic heterocycles. The molecule has 1 fully saturated rings. The lowest BCUT2D eigenvalue weighted by atomic mass is 10.1. The number of imide groups is 1. The van der Waals surface area contributed by atoms with Crippen LogP contribution in [0.2, 0.25) is 0 Å². The number of rotatable bonds is 7. The molecule has 0 radical (unpaired) electrons. The first kappa shape index (κ1) is 23.6. The summed E-state index contributed by atoms with van der Waals surface area (Å²) in [6.45, 7) is 0.0860. The van der Waals surface area contributed by atoms with E-state index in [1.165, 1.54) is 43.4 Å². The molecule has 2 aromatic carbocycles. The van der Waals surface area contributed by atoms with Gasteiger partial charge in [0.15, 0.2) is 0 Å². The van der Waals surface area contributed by atoms with Gasteiger partial charge in [-0.1, -0.05) is 12.1 Å². The van der Waals surface area contributed by atoms with Gasteiger partial charge in [-0.05, 0) is 54.1 Å². The number of ether oxygens (including phenoxy) is 2. The summed E-state index contributed by atoms with van der Waals surface area (Å²) in [6, 6.07) is 15.1. The van der Waals surface area contributed by atoms with Gasteiger partial charge in [-0.2, -0.15) is 0 Å². The van der Waals surface area contributed by atoms with Gasteiger partial charge in [0.25, 0.3) is 11.8 Å². The van der Waals surface area contributed by atoms with Crippen molar-refractivity contribution in [1.29, 1.82) is 0 Å². The molecular formula is C26H23N3O6. The Morgan fingerprint density at radius 3 is 2.46 bits per heavy atom. The Balaban J connectivity index is 1.66. The third-order valence-corrected chi connectivity index (χ3v) is 5.70. The fraction of sp³-hybridized carbons (Fsp3) is 0.192. The third kappa shape index (κ3) is 4.89. The average molecular weight is 473 g/mol. The van der Waals surface area contributed by atoms with Crippen molar-refractivity contribution in [3.63, 3.8) is 0 Å². The van der Waals surface area contributed by atoms with Crippen LogP contribution in [0.15, 0.2) is 73.1 Å². The molecule has 0 saturated carbocycles. The summed E-state index contributed by atoms with van der Waals surface area (Å²) >= 11 is 0. The van der Waals surface area contributed by atoms with Gasteiger partial charge >= 0.3 is 5.97 Å². The van der Waals surface area contributed by atoms with E-state index in [1.807, 2.05) is 0 Å². The number of methoxy groups -OCH3 is 2. The number of anilines is 1. The lowest BCUT2D eigenvalue weighted by Crippen LogP contribution is -2.45. The van der Waals surface area contributed by atoms with Crippen molar-refractivity contribution in [2.75, 3.05) is 19.1 Å². The number of esters is 1. The highest BCUT2D eigenvalue weighted by molar-refractivity contribution is 6.23. The van der Waals surface area contributed by atoms with Crippen LogP contribution in [-0.4, -0.2) is 53.8 Å². The zero-order valence-electron chi connectivity index (χ0n) is 19.2. The van der Waals surface area contributed by atoms with Crippen LogP contribution < -0.4 is 9.64 Å². The highest BCUT2D eigenvalue weighted by atomic mass is 16.5. The number of carbonyl (C=O) groups is 4. The van der Waals surface area contributed by atoms with E-state index in [1.54, 1.807) is 48.8 Å². The van der Waals surface area contributed by atoms with E-state index in [2.05, 4.69) is 9.72 Å². The van der Waals surface area contributed by atoms with Gasteiger partial charge < -0.3 is 14.4 Å². The fourth-order valence-electron chi connectivity index (χ4n) is 3.93. The SMILES string of the molecule is COC(=O)c1ccc(N2C(=O)CC(N(Cc3cccnc3)C(=O)c3cccc(OC)c3)C2=O)cc1. The molecule has 3 aromatic rings. The number of nitrogens with zero attached hydrogens (tertiary/aromatic N) is 3. The van der Waals surface area contributed by atoms with E-state index in [-0.39, 0.29) is 13.0 Å². The zero-order valence-corrected chi connectivity index (χ0v) is 19.2. The molecule has 1 unspecified atom stereocenters. The maximum atomic E-state index is 13.6. The normalized spacial score (nSPS) is 15.1. The smallest absolute Gasteiger partial charge is 0.337 e. The van der Waals surface area contributed by atoms with Crippen molar-refractivity contribution in [3.8, 4) is 5.75 Å². The summed E-state index contributed by atoms with van der Waals surface area (Å²) in [6.07, 6.45) is 3.05. The number of aromatic nitrogens is 1. The lowest BCUT2D eigenvalue weighted by Gasteiger charge is -2.28. The van der Waals surface area contributed by atoms with E-state index < -0.39 is 29.7 Å². The predicted molar refractivity (Wildman–Crippen MR) is 126 cm³/mol. The highest BCUT2D eigenvalue weighted by Crippen LogP contribution is 2.28. The Morgan fingerprint density at radius 2 is 1.80 bits per heavy atom. The summed E-state index contributed by atoms with van der Waals surface area (Å²) in [5.74, 6) is -1.42. The molecular weight excluding hydrogens is 450 g/mol. The molecule has 35 heavy (non-hydrogen) atoms. The molecule has 0 aliphatic carbocycles. The van der Waals surface area contributed by atoms with Crippen LogP contribution in [0.1, 0.15) is 32.7 Å². The Kier molecular flexibility index (Phi) is 6.86. The van der Waals surface area contributed by atoms with E-state index >= 15 is 0 Å². The fourth-order valence-corrected chi connectivity index (χ4v) is 3.93. The summed E-state index contributed by atoms with van der Waals surface area (Å²) in [5.41, 5.74) is 1.64. The van der Waals surface area contributed by atoms with Gasteiger partial charge in [0.1, 0.15) is 11.8 Å². The van der Waals surface area contributed by atoms with E-state index in [9.17, 15) is 19.2 Å². The van der Waals surface area contributed by atoms with Crippen LogP contribution in [0.3, 0.4) is 0 Å². The molecule has 0 N–H and O–H groups in total. The number of amides is 3. The van der Waals surface area contributed by atoms with E-state index in [0.29, 0.717) is 28.1 Å². The molecule has 9 nitrogen and oxygen atoms in total. The second kappa shape index (κ2) is 10.2. The standard InChI is InChI=1S/C26H23N3O6/c1-34-21-7-3-6-19(13-21)24(31)28(16-17-5-4-12-27-15-17)22-14-23(30)29(25(22)32)20-10-8-18(9-11-20)26(33)35-2/h3-13,15,22H,14,16H2,1-2H3. The minimum atomic E-state index is -1.01. The van der Waals surface area contributed by atoms with Crippen LogP contribution >= 0.6 is 0 Å². The number of pyridine rings is 1. The average Bonchev–Trinajstić information content (AvgIpc) is 3.20. The Bertz CT molecular complexity index is 1260. The van der Waals surface area contributed by atoms with Gasteiger partial charge in [-0.15, -0.1) is 0 Å². The minimum absolute atomic E-state index is 0.0860. The quantitative estimate of drug-likeness (QED) is 0.384. The van der Waals surface area contributed by atoms with Crippen molar-refractivity contribution >= 4 is 29.4 Å². The van der Waals surface area contributed by atoms with Gasteiger partial charge in [0.05, 0.1) is 31.9 Å². The number of benzene rings is 2. The molecule has 1 aliphatic rings. The topological polar surface area (TPSA) is 106 Å². The molecule has 1 saturated heterocycles. The van der Waals surface area contributed by atoms with Crippen LogP contribution in [0.25, 0.3) is 0 Å². The molecule has 2 heterocycles. The largest absolute Gasteiger partial charge is 0.497 e. The first-order valence-electron chi connectivity index (χ1n) is 10.8. The molecule has 1 atom stereocenters. The lowest BCUT2D eigenvalue weighted by molar-refractivity contribution is -0.122. The monoisotopic (exact) mass is 473 g/mol. The zero-order chi connectivity index (χ0) is 24.9. The maximum absolute atomic E-state index is 13.6. The second-order valence-corrected chi connectivity index (χ2v) is 7.85. The molecule has 0 spiro atoms. The maximum Gasteiger partial charge on any atom is 0.337 e. The van der Waals surface area contributed by atoms with Gasteiger partial charge in [-0.3, -0.25) is 19.4 Å². The number of carbonyl (C=O) groups excluding carboxylic acids is 4. The van der Waals surface area contributed by atoms with Crippen molar-refractivity contribution in [2.45, 2.75) is 19.0 Å². The highest BCUT2D eigenvalue weighted by Gasteiger charge is 2.44. The molecule has 9 heteroatoms. The molecule has 178 valence electrons. The van der Waals surface area contributed by atoms with Gasteiger partial charge in [0, 0.05) is 24.5 Å². The minimum Gasteiger partial charge on any atom is -0.497 e. The predicted octanol–water partition coefficient (Wildman–Crippen LogP) is 2.85. The Hall–Kier alpha value is -4.53. The van der Waals surface area contributed by atoms with Crippen molar-refractivity contribution < 1.29 is 28.7 Å². The summed E-state index contributed by atoms with van der Waals surface area (Å²) in [4.78, 5) is 58.2. The van der Waals surface area contributed by atoms with E-state index in [0.717, 1.165) is 4.90 Å². The molecule has 3 amide bonds. The van der Waals surface area contributed by atoms with Crippen LogP contribution in [0.5, 0.6) is 5.75 Å². The van der Waals surface area contributed by atoms with E-state index in [4.69, 9.17) is 4.74 Å². The summed E-state index contributed by atoms with van der Waals surface area (Å²) in [7, 11) is 2.77. The molecule has 0 bridgehead atoms. The second-order valence-electron chi connectivity index (χ2n) is 7.85. The van der Waals surface area contributed by atoms with Crippen LogP contribution in [0, 0.1) is 0 Å². The van der Waals surface area contributed by atoms with Crippen LogP contribution in [0.4, 0.5) is 5.69 Å². The van der Waals surface area contributed by atoms with Gasteiger partial charge in [0.2, 0.25) is 5.91 Å². The number of hydrogen-bond acceptors (Lipinski definition) is 7. The first-order chi connectivity index (χ1) is 16.9. The van der Waals surface area contributed by atoms with Crippen molar-refractivity contribution in [1.82, 2.24) is 9.88 Å². The van der Waals surface area contributed by atoms with Gasteiger partial charge in [-0.25, -0.2) is 9.69 Å². The van der Waals surface area contributed by atoms with Crippen LogP contribution in [-0.2, 0) is 20.9 Å². The third-order valence-electron chi connectivity index (χ3n) is 5.70. The Labute approximate surface area is 201 Å². The van der Waals surface area contributed by atoms with Crippen molar-refractivity contribution in [2.24, 2.45) is 0 Å². The molecule has 1 aromatic heterocycles. The summed E-state index contributed by atoms with van der Waals surface area (Å²) in [5, 5.41) is 0. The first-order valence-corrected chi connectivity index (χ1v) is 10.8.